The lowest BCUT2D eigenvalue weighted by Crippen LogP contribution is -2.34. The van der Waals surface area contributed by atoms with Crippen LogP contribution in [0.2, 0.25) is 0 Å². The van der Waals surface area contributed by atoms with Gasteiger partial charge in [0.1, 0.15) is 0 Å². The highest BCUT2D eigenvalue weighted by Crippen LogP contribution is 2.46. The third kappa shape index (κ3) is 5.93. The van der Waals surface area contributed by atoms with Crippen LogP contribution in [0.3, 0.4) is 0 Å². The fraction of sp³-hybridized carbons (Fsp3) is 0.952. The maximum absolute atomic E-state index is 10.7. The zero-order chi connectivity index (χ0) is 19.2. The minimum atomic E-state index is -0.769. The molecule has 2 fully saturated rings. The number of rotatable bonds is 13. The maximum Gasteiger partial charge on any atom is 0.303 e. The van der Waals surface area contributed by atoms with Crippen molar-refractivity contribution in [3.63, 3.8) is 0 Å². The van der Waals surface area contributed by atoms with Crippen LogP contribution in [0.15, 0.2) is 0 Å². The van der Waals surface area contributed by atoms with E-state index in [0.29, 0.717) is 37.6 Å². The van der Waals surface area contributed by atoms with Crippen LogP contribution in [0.1, 0.15) is 78.6 Å². The topological polar surface area (TPSA) is 76.0 Å². The highest BCUT2D eigenvalue weighted by Gasteiger charge is 2.48. The van der Waals surface area contributed by atoms with E-state index in [-0.39, 0.29) is 24.0 Å². The molecule has 0 aromatic heterocycles. The van der Waals surface area contributed by atoms with Crippen molar-refractivity contribution in [2.24, 2.45) is 17.3 Å². The molecule has 0 aromatic rings. The number of carboxylic acids is 1. The minimum Gasteiger partial charge on any atom is -0.481 e. The van der Waals surface area contributed by atoms with Crippen molar-refractivity contribution in [2.45, 2.75) is 96.9 Å². The van der Waals surface area contributed by atoms with Crippen LogP contribution in [0.5, 0.6) is 0 Å². The van der Waals surface area contributed by atoms with Crippen LogP contribution in [0.4, 0.5) is 0 Å². The second kappa shape index (κ2) is 10.0. The summed E-state index contributed by atoms with van der Waals surface area (Å²) in [5.74, 6) is 0.0868. The van der Waals surface area contributed by atoms with Gasteiger partial charge in [0.25, 0.3) is 0 Å². The average molecular weight is 371 g/mol. The van der Waals surface area contributed by atoms with Crippen molar-refractivity contribution in [3.8, 4) is 0 Å². The molecule has 0 aliphatic carbocycles. The van der Waals surface area contributed by atoms with E-state index in [0.717, 1.165) is 44.9 Å². The first-order valence-corrected chi connectivity index (χ1v) is 10.5. The van der Waals surface area contributed by atoms with E-state index in [2.05, 4.69) is 20.8 Å². The first-order chi connectivity index (χ1) is 12.3. The molecule has 2 rings (SSSR count). The van der Waals surface area contributed by atoms with Crippen LogP contribution in [0, 0.1) is 17.3 Å². The summed E-state index contributed by atoms with van der Waals surface area (Å²) < 4.78 is 11.9. The molecule has 2 heterocycles. The first kappa shape index (κ1) is 21.6. The highest BCUT2D eigenvalue weighted by atomic mass is 16.5. The predicted molar refractivity (Wildman–Crippen MR) is 101 cm³/mol. The molecule has 1 unspecified atom stereocenters. The Morgan fingerprint density at radius 3 is 2.58 bits per heavy atom. The van der Waals surface area contributed by atoms with Gasteiger partial charge in [-0.3, -0.25) is 4.79 Å². The Morgan fingerprint density at radius 1 is 1.23 bits per heavy atom. The van der Waals surface area contributed by atoms with Crippen molar-refractivity contribution in [2.75, 3.05) is 13.2 Å². The van der Waals surface area contributed by atoms with Crippen molar-refractivity contribution in [1.82, 2.24) is 0 Å². The number of ether oxygens (including phenoxy) is 2. The van der Waals surface area contributed by atoms with Gasteiger partial charge in [-0.2, -0.15) is 0 Å². The third-order valence-electron chi connectivity index (χ3n) is 6.43. The summed E-state index contributed by atoms with van der Waals surface area (Å²) in [6.45, 7) is 7.69. The summed E-state index contributed by atoms with van der Waals surface area (Å²) in [4.78, 5) is 10.6. The Bertz CT molecular complexity index is 436. The molecule has 5 atom stereocenters. The number of carboxylic acid groups (broad SMARTS) is 1. The molecular weight excluding hydrogens is 332 g/mol. The Balaban J connectivity index is 1.77. The number of hydrogen-bond acceptors (Lipinski definition) is 4. The summed E-state index contributed by atoms with van der Waals surface area (Å²) in [6, 6.07) is 0. The molecule has 0 spiro atoms. The quantitative estimate of drug-likeness (QED) is 0.479. The van der Waals surface area contributed by atoms with Gasteiger partial charge in [0.2, 0.25) is 0 Å². The molecule has 2 aliphatic rings. The molecular formula is C21H38O5. The Morgan fingerprint density at radius 2 is 1.92 bits per heavy atom. The monoisotopic (exact) mass is 370 g/mol. The van der Waals surface area contributed by atoms with Gasteiger partial charge in [-0.25, -0.2) is 0 Å². The van der Waals surface area contributed by atoms with Gasteiger partial charge in [0.05, 0.1) is 24.9 Å². The first-order valence-electron chi connectivity index (χ1n) is 10.5. The fourth-order valence-corrected chi connectivity index (χ4v) is 4.59. The van der Waals surface area contributed by atoms with Crippen molar-refractivity contribution in [1.29, 1.82) is 0 Å². The summed E-state index contributed by atoms with van der Waals surface area (Å²) in [6.07, 6.45) is 8.49. The Kier molecular flexibility index (Phi) is 8.37. The van der Waals surface area contributed by atoms with E-state index in [9.17, 15) is 9.90 Å². The van der Waals surface area contributed by atoms with Crippen molar-refractivity contribution < 1.29 is 24.5 Å². The molecule has 2 bridgehead atoms. The molecule has 0 aromatic carbocycles. The third-order valence-corrected chi connectivity index (χ3v) is 6.43. The second-order valence-corrected chi connectivity index (χ2v) is 8.88. The van der Waals surface area contributed by atoms with E-state index in [1.165, 1.54) is 0 Å². The minimum absolute atomic E-state index is 0.0304. The summed E-state index contributed by atoms with van der Waals surface area (Å²) in [5, 5.41) is 19.4. The van der Waals surface area contributed by atoms with Gasteiger partial charge in [-0.15, -0.1) is 0 Å². The van der Waals surface area contributed by atoms with Gasteiger partial charge in [-0.1, -0.05) is 33.6 Å². The van der Waals surface area contributed by atoms with Crippen LogP contribution < -0.4 is 0 Å². The van der Waals surface area contributed by atoms with Crippen LogP contribution in [-0.2, 0) is 14.3 Å². The lowest BCUT2D eigenvalue weighted by molar-refractivity contribution is -0.137. The van der Waals surface area contributed by atoms with Crippen molar-refractivity contribution in [3.05, 3.63) is 0 Å². The van der Waals surface area contributed by atoms with Crippen molar-refractivity contribution >= 4 is 5.97 Å². The average Bonchev–Trinajstić information content (AvgIpc) is 3.19. The number of fused-ring (bicyclic) bond motifs is 2. The number of unbranched alkanes of at least 4 members (excludes halogenated alkanes) is 1. The van der Waals surface area contributed by atoms with E-state index >= 15 is 0 Å². The normalized spacial score (nSPS) is 29.2. The zero-order valence-electron chi connectivity index (χ0n) is 16.8. The molecule has 2 N–H and O–H groups in total. The molecule has 2 aliphatic heterocycles. The molecule has 26 heavy (non-hydrogen) atoms. The van der Waals surface area contributed by atoms with Gasteiger partial charge >= 0.3 is 5.97 Å². The van der Waals surface area contributed by atoms with E-state index in [1.54, 1.807) is 0 Å². The lowest BCUT2D eigenvalue weighted by Gasteiger charge is -2.33. The number of aliphatic carboxylic acids is 1. The number of hydrogen-bond donors (Lipinski definition) is 2. The molecule has 152 valence electrons. The van der Waals surface area contributed by atoms with E-state index in [4.69, 9.17) is 14.6 Å². The van der Waals surface area contributed by atoms with Crippen LogP contribution >= 0.6 is 0 Å². The molecule has 5 nitrogen and oxygen atoms in total. The smallest absolute Gasteiger partial charge is 0.303 e. The summed E-state index contributed by atoms with van der Waals surface area (Å²) in [5.41, 5.74) is -0.0304. The number of carbonyl (C=O) groups is 1. The molecule has 5 heteroatoms. The Labute approximate surface area is 158 Å². The van der Waals surface area contributed by atoms with Gasteiger partial charge < -0.3 is 19.7 Å². The lowest BCUT2D eigenvalue weighted by atomic mass is 9.74. The predicted octanol–water partition coefficient (Wildman–Crippen LogP) is 4.02. The van der Waals surface area contributed by atoms with Crippen LogP contribution in [0.25, 0.3) is 0 Å². The van der Waals surface area contributed by atoms with Gasteiger partial charge in [0.15, 0.2) is 0 Å². The standard InChI is InChI=1S/C21H38O5/c1-4-5-12-21(2,3)19(22)11-8-15-16(18-10-9-17(15)26-18)14-25-13-6-7-20(23)24/h15-19,22H,4-14H2,1-3H3,(H,23,24)/t15-,16+,17-,18+,19?/m1/s1. The summed E-state index contributed by atoms with van der Waals surface area (Å²) >= 11 is 0. The Hall–Kier alpha value is -0.650. The SMILES string of the molecule is CCCCC(C)(C)C(O)CC[C@@H]1[C@H](COCCCC(=O)O)[C@@H]2CC[C@H]1O2. The zero-order valence-corrected chi connectivity index (χ0v) is 16.8. The van der Waals surface area contributed by atoms with E-state index < -0.39 is 5.97 Å². The number of aliphatic hydroxyl groups excluding tert-OH is 1. The molecule has 0 saturated carbocycles. The van der Waals surface area contributed by atoms with E-state index in [1.807, 2.05) is 0 Å². The maximum atomic E-state index is 10.7. The van der Waals surface area contributed by atoms with Gasteiger partial charge in [0, 0.05) is 18.9 Å². The molecule has 2 saturated heterocycles. The molecule has 0 amide bonds. The summed E-state index contributed by atoms with van der Waals surface area (Å²) in [7, 11) is 0. The highest BCUT2D eigenvalue weighted by molar-refractivity contribution is 5.66. The van der Waals surface area contributed by atoms with Gasteiger partial charge in [-0.05, 0) is 49.9 Å². The van der Waals surface area contributed by atoms with Crippen LogP contribution in [-0.4, -0.2) is 47.7 Å². The second-order valence-electron chi connectivity index (χ2n) is 8.88. The number of aliphatic hydroxyl groups is 1. The fourth-order valence-electron chi connectivity index (χ4n) is 4.59. The largest absolute Gasteiger partial charge is 0.481 e. The molecule has 0 radical (unpaired) electrons.